The van der Waals surface area contributed by atoms with Crippen LogP contribution in [0.25, 0.3) is 0 Å². The van der Waals surface area contributed by atoms with E-state index in [-0.39, 0.29) is 17.8 Å². The maximum absolute atomic E-state index is 11.4. The van der Waals surface area contributed by atoms with Gasteiger partial charge in [-0.25, -0.2) is 0 Å². The predicted octanol–water partition coefficient (Wildman–Crippen LogP) is 1.55. The molecule has 2 saturated carbocycles. The number of ketones is 1. The van der Waals surface area contributed by atoms with Gasteiger partial charge in [-0.3, -0.25) is 9.59 Å². The van der Waals surface area contributed by atoms with Crippen LogP contribution in [0.1, 0.15) is 32.6 Å². The minimum Gasteiger partial charge on any atom is -0.466 e. The first-order valence-corrected chi connectivity index (χ1v) is 5.39. The molecule has 0 aromatic heterocycles. The summed E-state index contributed by atoms with van der Waals surface area (Å²) < 4.78 is 4.90. The van der Waals surface area contributed by atoms with Crippen LogP contribution >= 0.6 is 0 Å². The lowest BCUT2D eigenvalue weighted by molar-refractivity contribution is -0.144. The summed E-state index contributed by atoms with van der Waals surface area (Å²) in [4.78, 5) is 22.7. The summed E-state index contributed by atoms with van der Waals surface area (Å²) in [6.45, 7) is 2.25. The fourth-order valence-corrected chi connectivity index (χ4v) is 2.90. The standard InChI is InChI=1S/C11H16O3/c1-2-14-11(13)6-8-3-7-4-9(8)10(12)5-7/h7-9H,2-6H2,1H3/t7-,8+,9-/m1/s1. The lowest BCUT2D eigenvalue weighted by Crippen LogP contribution is -2.23. The third-order valence-corrected chi connectivity index (χ3v) is 3.43. The summed E-state index contributed by atoms with van der Waals surface area (Å²) in [6.07, 6.45) is 3.27. The van der Waals surface area contributed by atoms with Crippen LogP contribution < -0.4 is 0 Å². The molecule has 0 saturated heterocycles. The van der Waals surface area contributed by atoms with Crippen LogP contribution in [0.4, 0.5) is 0 Å². The maximum atomic E-state index is 11.4. The highest BCUT2D eigenvalue weighted by Crippen LogP contribution is 2.47. The zero-order chi connectivity index (χ0) is 10.1. The number of fused-ring (bicyclic) bond motifs is 2. The summed E-state index contributed by atoms with van der Waals surface area (Å²) >= 11 is 0. The van der Waals surface area contributed by atoms with Gasteiger partial charge in [-0.15, -0.1) is 0 Å². The number of hydrogen-bond acceptors (Lipinski definition) is 3. The Balaban J connectivity index is 1.88. The number of Topliss-reactive ketones (excluding diaryl/α,β-unsaturated/α-hetero) is 1. The van der Waals surface area contributed by atoms with Crippen molar-refractivity contribution in [3.63, 3.8) is 0 Å². The van der Waals surface area contributed by atoms with Crippen LogP contribution in [0.3, 0.4) is 0 Å². The first kappa shape index (κ1) is 9.69. The van der Waals surface area contributed by atoms with Gasteiger partial charge in [0.1, 0.15) is 5.78 Å². The van der Waals surface area contributed by atoms with E-state index in [1.165, 1.54) is 0 Å². The molecule has 0 spiro atoms. The second-order valence-corrected chi connectivity index (χ2v) is 4.38. The Hall–Kier alpha value is -0.860. The number of rotatable bonds is 3. The molecule has 78 valence electrons. The smallest absolute Gasteiger partial charge is 0.306 e. The van der Waals surface area contributed by atoms with E-state index in [0.29, 0.717) is 24.7 Å². The molecule has 2 bridgehead atoms. The zero-order valence-corrected chi connectivity index (χ0v) is 8.49. The molecule has 0 aromatic carbocycles. The number of hydrogen-bond donors (Lipinski definition) is 0. The molecule has 14 heavy (non-hydrogen) atoms. The molecular formula is C11H16O3. The highest BCUT2D eigenvalue weighted by Gasteiger charge is 2.45. The van der Waals surface area contributed by atoms with Crippen molar-refractivity contribution in [1.82, 2.24) is 0 Å². The van der Waals surface area contributed by atoms with Gasteiger partial charge >= 0.3 is 5.97 Å². The number of carbonyl (C=O) groups excluding carboxylic acids is 2. The van der Waals surface area contributed by atoms with Gasteiger partial charge in [-0.2, -0.15) is 0 Å². The molecule has 2 rings (SSSR count). The van der Waals surface area contributed by atoms with E-state index in [2.05, 4.69) is 0 Å². The SMILES string of the molecule is CCOC(=O)C[C@@H]1C[C@H]2CC(=O)[C@@H]1C2. The van der Waals surface area contributed by atoms with Gasteiger partial charge < -0.3 is 4.74 Å². The molecule has 0 amide bonds. The Morgan fingerprint density at radius 2 is 2.29 bits per heavy atom. The molecule has 2 aliphatic rings. The molecule has 3 atom stereocenters. The van der Waals surface area contributed by atoms with Crippen molar-refractivity contribution in [3.05, 3.63) is 0 Å². The normalized spacial score (nSPS) is 34.9. The molecule has 0 aromatic rings. The van der Waals surface area contributed by atoms with Gasteiger partial charge in [0, 0.05) is 18.8 Å². The van der Waals surface area contributed by atoms with Gasteiger partial charge in [-0.05, 0) is 31.6 Å². The Bertz CT molecular complexity index is 259. The van der Waals surface area contributed by atoms with Gasteiger partial charge in [0.15, 0.2) is 0 Å². The molecule has 3 heteroatoms. The number of carbonyl (C=O) groups is 2. The Labute approximate surface area is 83.8 Å². The summed E-state index contributed by atoms with van der Waals surface area (Å²) in [7, 11) is 0. The van der Waals surface area contributed by atoms with Crippen molar-refractivity contribution in [2.75, 3.05) is 6.61 Å². The molecule has 0 N–H and O–H groups in total. The predicted molar refractivity (Wildman–Crippen MR) is 50.6 cm³/mol. The van der Waals surface area contributed by atoms with E-state index in [4.69, 9.17) is 4.74 Å². The Morgan fingerprint density at radius 3 is 2.86 bits per heavy atom. The quantitative estimate of drug-likeness (QED) is 0.643. The zero-order valence-electron chi connectivity index (χ0n) is 8.49. The van der Waals surface area contributed by atoms with Gasteiger partial charge in [-0.1, -0.05) is 0 Å². The average molecular weight is 196 g/mol. The van der Waals surface area contributed by atoms with E-state index in [1.54, 1.807) is 0 Å². The Morgan fingerprint density at radius 1 is 1.50 bits per heavy atom. The van der Waals surface area contributed by atoms with E-state index in [1.807, 2.05) is 6.92 Å². The lowest BCUT2D eigenvalue weighted by atomic mass is 9.85. The van der Waals surface area contributed by atoms with E-state index in [9.17, 15) is 9.59 Å². The molecule has 0 unspecified atom stereocenters. The van der Waals surface area contributed by atoms with Crippen LogP contribution in [-0.2, 0) is 14.3 Å². The molecular weight excluding hydrogens is 180 g/mol. The van der Waals surface area contributed by atoms with Crippen LogP contribution in [0, 0.1) is 17.8 Å². The molecule has 0 heterocycles. The maximum Gasteiger partial charge on any atom is 0.306 e. The molecule has 2 aliphatic carbocycles. The second-order valence-electron chi connectivity index (χ2n) is 4.38. The molecule has 2 fully saturated rings. The van der Waals surface area contributed by atoms with Crippen molar-refractivity contribution in [2.45, 2.75) is 32.6 Å². The summed E-state index contributed by atoms with van der Waals surface area (Å²) in [6, 6.07) is 0. The van der Waals surface area contributed by atoms with Crippen molar-refractivity contribution >= 4 is 11.8 Å². The van der Waals surface area contributed by atoms with Crippen LogP contribution in [0.2, 0.25) is 0 Å². The van der Waals surface area contributed by atoms with Crippen molar-refractivity contribution in [3.8, 4) is 0 Å². The number of esters is 1. The van der Waals surface area contributed by atoms with Gasteiger partial charge in [0.2, 0.25) is 0 Å². The fraction of sp³-hybridized carbons (Fsp3) is 0.818. The summed E-state index contributed by atoms with van der Waals surface area (Å²) in [5.74, 6) is 1.24. The van der Waals surface area contributed by atoms with E-state index >= 15 is 0 Å². The molecule has 3 nitrogen and oxygen atoms in total. The minimum absolute atomic E-state index is 0.141. The lowest BCUT2D eigenvalue weighted by Gasteiger charge is -2.19. The summed E-state index contributed by atoms with van der Waals surface area (Å²) in [5, 5.41) is 0. The number of ether oxygens (including phenoxy) is 1. The van der Waals surface area contributed by atoms with Gasteiger partial charge in [0.05, 0.1) is 6.61 Å². The highest BCUT2D eigenvalue weighted by atomic mass is 16.5. The fourth-order valence-electron chi connectivity index (χ4n) is 2.90. The third-order valence-electron chi connectivity index (χ3n) is 3.43. The van der Waals surface area contributed by atoms with Crippen molar-refractivity contribution in [2.24, 2.45) is 17.8 Å². The van der Waals surface area contributed by atoms with E-state index < -0.39 is 0 Å². The topological polar surface area (TPSA) is 43.4 Å². The largest absolute Gasteiger partial charge is 0.466 e. The van der Waals surface area contributed by atoms with Gasteiger partial charge in [0.25, 0.3) is 0 Å². The highest BCUT2D eigenvalue weighted by molar-refractivity contribution is 5.85. The summed E-state index contributed by atoms with van der Waals surface area (Å²) in [5.41, 5.74) is 0. The second kappa shape index (κ2) is 3.71. The average Bonchev–Trinajstić information content (AvgIpc) is 2.62. The van der Waals surface area contributed by atoms with Crippen LogP contribution in [-0.4, -0.2) is 18.4 Å². The Kier molecular flexibility index (Phi) is 2.57. The van der Waals surface area contributed by atoms with Crippen molar-refractivity contribution in [1.29, 1.82) is 0 Å². The van der Waals surface area contributed by atoms with Crippen LogP contribution in [0.15, 0.2) is 0 Å². The minimum atomic E-state index is -0.141. The monoisotopic (exact) mass is 196 g/mol. The van der Waals surface area contributed by atoms with Crippen molar-refractivity contribution < 1.29 is 14.3 Å². The first-order valence-electron chi connectivity index (χ1n) is 5.39. The first-order chi connectivity index (χ1) is 6.70. The molecule has 0 radical (unpaired) electrons. The van der Waals surface area contributed by atoms with Crippen LogP contribution in [0.5, 0.6) is 0 Å². The molecule has 0 aliphatic heterocycles. The third kappa shape index (κ3) is 1.68. The van der Waals surface area contributed by atoms with E-state index in [0.717, 1.165) is 19.3 Å².